The van der Waals surface area contributed by atoms with Crippen molar-refractivity contribution in [2.75, 3.05) is 0 Å². The third-order valence-corrected chi connectivity index (χ3v) is 2.70. The molecule has 0 amide bonds. The van der Waals surface area contributed by atoms with Gasteiger partial charge in [-0.1, -0.05) is 19.9 Å². The van der Waals surface area contributed by atoms with Gasteiger partial charge in [-0.3, -0.25) is 0 Å². The second kappa shape index (κ2) is 5.41. The highest BCUT2D eigenvalue weighted by atomic mass is 19.1. The monoisotopic (exact) mass is 225 g/mol. The van der Waals surface area contributed by atoms with Gasteiger partial charge in [0.2, 0.25) is 0 Å². The summed E-state index contributed by atoms with van der Waals surface area (Å²) in [6.45, 7) is 5.90. The van der Waals surface area contributed by atoms with Crippen molar-refractivity contribution in [1.29, 1.82) is 0 Å². The van der Waals surface area contributed by atoms with Crippen LogP contribution in [0.2, 0.25) is 0 Å². The van der Waals surface area contributed by atoms with Gasteiger partial charge in [0.05, 0.1) is 6.10 Å². The highest BCUT2D eigenvalue weighted by Crippen LogP contribution is 2.23. The minimum Gasteiger partial charge on any atom is -0.387 e. The fourth-order valence-corrected chi connectivity index (χ4v) is 1.87. The minimum absolute atomic E-state index is 0.286. The molecule has 0 spiro atoms. The summed E-state index contributed by atoms with van der Waals surface area (Å²) in [5, 5.41) is 10.1. The van der Waals surface area contributed by atoms with Gasteiger partial charge in [0.15, 0.2) is 0 Å². The van der Waals surface area contributed by atoms with Gasteiger partial charge in [-0.2, -0.15) is 0 Å². The lowest BCUT2D eigenvalue weighted by Crippen LogP contribution is -2.30. The molecule has 0 aliphatic heterocycles. The molecule has 0 saturated carbocycles. The number of rotatable bonds is 4. The van der Waals surface area contributed by atoms with E-state index < -0.39 is 6.10 Å². The molecule has 0 saturated heterocycles. The van der Waals surface area contributed by atoms with E-state index in [1.54, 1.807) is 13.0 Å². The van der Waals surface area contributed by atoms with Gasteiger partial charge in [0.1, 0.15) is 5.82 Å². The summed E-state index contributed by atoms with van der Waals surface area (Å²) in [6, 6.07) is 4.08. The number of aryl methyl sites for hydroxylation is 1. The van der Waals surface area contributed by atoms with Crippen LogP contribution in [-0.2, 0) is 0 Å². The Kier molecular flexibility index (Phi) is 4.44. The van der Waals surface area contributed by atoms with Gasteiger partial charge in [-0.05, 0) is 42.5 Å². The number of benzene rings is 1. The quantitative estimate of drug-likeness (QED) is 0.827. The molecule has 0 bridgehead atoms. The molecular formula is C13H20FNO. The number of aliphatic hydroxyl groups is 1. The Bertz CT molecular complexity index is 352. The second-order valence-electron chi connectivity index (χ2n) is 4.74. The van der Waals surface area contributed by atoms with E-state index in [0.717, 1.165) is 17.5 Å². The molecule has 0 heterocycles. The molecule has 0 aromatic heterocycles. The summed E-state index contributed by atoms with van der Waals surface area (Å²) in [5.74, 6) is 0.149. The van der Waals surface area contributed by atoms with Crippen LogP contribution in [0.3, 0.4) is 0 Å². The van der Waals surface area contributed by atoms with Crippen LogP contribution in [0.1, 0.15) is 37.5 Å². The first-order chi connectivity index (χ1) is 7.41. The van der Waals surface area contributed by atoms with Crippen LogP contribution < -0.4 is 5.73 Å². The molecule has 3 heteroatoms. The summed E-state index contributed by atoms with van der Waals surface area (Å²) < 4.78 is 12.9. The average molecular weight is 225 g/mol. The highest BCUT2D eigenvalue weighted by molar-refractivity contribution is 5.29. The van der Waals surface area contributed by atoms with Crippen molar-refractivity contribution in [2.24, 2.45) is 11.7 Å². The number of hydrogen-bond donors (Lipinski definition) is 2. The van der Waals surface area contributed by atoms with Crippen molar-refractivity contribution in [3.05, 3.63) is 35.1 Å². The first-order valence-electron chi connectivity index (χ1n) is 5.61. The largest absolute Gasteiger partial charge is 0.387 e. The second-order valence-corrected chi connectivity index (χ2v) is 4.74. The first kappa shape index (κ1) is 13.1. The predicted octanol–water partition coefficient (Wildman–Crippen LogP) is 2.54. The molecule has 3 N–H and O–H groups in total. The molecule has 2 nitrogen and oxygen atoms in total. The van der Waals surface area contributed by atoms with Gasteiger partial charge in [-0.15, -0.1) is 0 Å². The maximum Gasteiger partial charge on any atom is 0.123 e. The van der Waals surface area contributed by atoms with E-state index >= 15 is 0 Å². The van der Waals surface area contributed by atoms with E-state index in [1.807, 2.05) is 0 Å². The van der Waals surface area contributed by atoms with Crippen molar-refractivity contribution in [2.45, 2.75) is 39.3 Å². The zero-order valence-electron chi connectivity index (χ0n) is 10.1. The maximum absolute atomic E-state index is 12.9. The summed E-state index contributed by atoms with van der Waals surface area (Å²) in [7, 11) is 0. The van der Waals surface area contributed by atoms with E-state index in [1.165, 1.54) is 12.1 Å². The zero-order valence-corrected chi connectivity index (χ0v) is 10.1. The molecule has 90 valence electrons. The van der Waals surface area contributed by atoms with Gasteiger partial charge in [0.25, 0.3) is 0 Å². The Labute approximate surface area is 96.3 Å². The Morgan fingerprint density at radius 1 is 1.38 bits per heavy atom. The number of halogens is 1. The summed E-state index contributed by atoms with van der Waals surface area (Å²) in [5.41, 5.74) is 7.37. The van der Waals surface area contributed by atoms with Crippen LogP contribution in [0.25, 0.3) is 0 Å². The van der Waals surface area contributed by atoms with Crippen molar-refractivity contribution < 1.29 is 9.50 Å². The molecule has 16 heavy (non-hydrogen) atoms. The Morgan fingerprint density at radius 2 is 2.00 bits per heavy atom. The van der Waals surface area contributed by atoms with Crippen molar-refractivity contribution >= 4 is 0 Å². The summed E-state index contributed by atoms with van der Waals surface area (Å²) >= 11 is 0. The van der Waals surface area contributed by atoms with E-state index in [9.17, 15) is 9.50 Å². The third kappa shape index (κ3) is 3.29. The highest BCUT2D eigenvalue weighted by Gasteiger charge is 2.19. The molecular weight excluding hydrogens is 205 g/mol. The van der Waals surface area contributed by atoms with Crippen LogP contribution >= 0.6 is 0 Å². The Balaban J connectivity index is 2.83. The van der Waals surface area contributed by atoms with Gasteiger partial charge in [-0.25, -0.2) is 4.39 Å². The minimum atomic E-state index is -0.719. The number of aliphatic hydroxyl groups excluding tert-OH is 1. The Morgan fingerprint density at radius 3 is 2.50 bits per heavy atom. The van der Waals surface area contributed by atoms with E-state index in [0.29, 0.717) is 5.92 Å². The van der Waals surface area contributed by atoms with Crippen LogP contribution in [0, 0.1) is 18.7 Å². The SMILES string of the molecule is Cc1cc(F)ccc1C(O)C(N)CC(C)C. The van der Waals surface area contributed by atoms with Gasteiger partial charge in [0, 0.05) is 6.04 Å². The topological polar surface area (TPSA) is 46.2 Å². The van der Waals surface area contributed by atoms with Crippen LogP contribution in [0.4, 0.5) is 4.39 Å². The summed E-state index contributed by atoms with van der Waals surface area (Å²) in [4.78, 5) is 0. The van der Waals surface area contributed by atoms with Gasteiger partial charge >= 0.3 is 0 Å². The normalized spacial score (nSPS) is 15.2. The predicted molar refractivity (Wildman–Crippen MR) is 63.5 cm³/mol. The average Bonchev–Trinajstić information content (AvgIpc) is 2.15. The number of nitrogens with two attached hydrogens (primary N) is 1. The molecule has 1 aromatic rings. The van der Waals surface area contributed by atoms with Crippen LogP contribution in [0.15, 0.2) is 18.2 Å². The van der Waals surface area contributed by atoms with Gasteiger partial charge < -0.3 is 10.8 Å². The van der Waals surface area contributed by atoms with Crippen molar-refractivity contribution in [1.82, 2.24) is 0 Å². The lowest BCUT2D eigenvalue weighted by molar-refractivity contribution is 0.135. The molecule has 0 aliphatic carbocycles. The summed E-state index contributed by atoms with van der Waals surface area (Å²) in [6.07, 6.45) is 0.0286. The lowest BCUT2D eigenvalue weighted by Gasteiger charge is -2.22. The van der Waals surface area contributed by atoms with Crippen LogP contribution in [-0.4, -0.2) is 11.1 Å². The van der Waals surface area contributed by atoms with Crippen molar-refractivity contribution in [3.63, 3.8) is 0 Å². The van der Waals surface area contributed by atoms with E-state index in [2.05, 4.69) is 13.8 Å². The fourth-order valence-electron chi connectivity index (χ4n) is 1.87. The molecule has 0 aliphatic rings. The molecule has 1 aromatic carbocycles. The number of hydrogen-bond acceptors (Lipinski definition) is 2. The fraction of sp³-hybridized carbons (Fsp3) is 0.538. The molecule has 0 fully saturated rings. The molecule has 0 radical (unpaired) electrons. The third-order valence-electron chi connectivity index (χ3n) is 2.70. The van der Waals surface area contributed by atoms with Crippen molar-refractivity contribution in [3.8, 4) is 0 Å². The lowest BCUT2D eigenvalue weighted by atomic mass is 9.93. The maximum atomic E-state index is 12.9. The zero-order chi connectivity index (χ0) is 12.3. The molecule has 2 unspecified atom stereocenters. The first-order valence-corrected chi connectivity index (χ1v) is 5.61. The molecule has 1 rings (SSSR count). The van der Waals surface area contributed by atoms with E-state index in [4.69, 9.17) is 5.73 Å². The van der Waals surface area contributed by atoms with Crippen LogP contribution in [0.5, 0.6) is 0 Å². The molecule has 2 atom stereocenters. The Hall–Kier alpha value is -0.930. The smallest absolute Gasteiger partial charge is 0.123 e. The van der Waals surface area contributed by atoms with E-state index in [-0.39, 0.29) is 11.9 Å². The standard InChI is InChI=1S/C13H20FNO/c1-8(2)6-12(15)13(16)11-5-4-10(14)7-9(11)3/h4-5,7-8,12-13,16H,6,15H2,1-3H3.